The molecule has 0 spiro atoms. The zero-order chi connectivity index (χ0) is 17.3. The summed E-state index contributed by atoms with van der Waals surface area (Å²) in [6.07, 6.45) is 9.81. The fourth-order valence-corrected chi connectivity index (χ4v) is 8.18. The van der Waals surface area contributed by atoms with E-state index in [1.54, 1.807) is 5.57 Å². The molecule has 1 amide bonds. The summed E-state index contributed by atoms with van der Waals surface area (Å²) < 4.78 is 1.40. The highest BCUT2D eigenvalue weighted by atomic mass is 79.9. The molecule has 1 saturated heterocycles. The van der Waals surface area contributed by atoms with Crippen LogP contribution in [-0.4, -0.2) is 23.9 Å². The van der Waals surface area contributed by atoms with E-state index in [1.807, 2.05) is 0 Å². The number of allylic oxidation sites excluding steroid dienone is 2. The van der Waals surface area contributed by atoms with Crippen LogP contribution >= 0.6 is 15.9 Å². The summed E-state index contributed by atoms with van der Waals surface area (Å²) in [5.74, 6) is 2.92. The van der Waals surface area contributed by atoms with Crippen LogP contribution in [0.4, 0.5) is 0 Å². The highest BCUT2D eigenvalue weighted by Gasteiger charge is 2.60. The van der Waals surface area contributed by atoms with Gasteiger partial charge in [-0.15, -0.1) is 0 Å². The number of rotatable bonds is 0. The van der Waals surface area contributed by atoms with Gasteiger partial charge in [0.05, 0.1) is 0 Å². The molecule has 4 rings (SSSR count). The summed E-state index contributed by atoms with van der Waals surface area (Å²) in [4.78, 5) is 14.3. The van der Waals surface area contributed by atoms with Crippen LogP contribution in [0.25, 0.3) is 0 Å². The van der Waals surface area contributed by atoms with Gasteiger partial charge in [-0.3, -0.25) is 4.79 Å². The maximum Gasteiger partial charge on any atom is 0.222 e. The van der Waals surface area contributed by atoms with Crippen molar-refractivity contribution >= 4 is 21.8 Å². The van der Waals surface area contributed by atoms with Gasteiger partial charge >= 0.3 is 0 Å². The normalized spacial score (nSPS) is 50.2. The SMILES string of the molecule is CC(Br)=C1CC[C@H]2[C@@H]3CC[C@H]4N(C)C(=O)CC[C@]4(C)[C@H]3CC[C@]12C. The number of carbonyl (C=O) groups excluding carboxylic acids is 1. The Kier molecular flexibility index (Phi) is 3.99. The smallest absolute Gasteiger partial charge is 0.222 e. The number of piperidine rings is 1. The Bertz CT molecular complexity index is 595. The van der Waals surface area contributed by atoms with E-state index in [2.05, 4.69) is 48.6 Å². The van der Waals surface area contributed by atoms with Crippen LogP contribution in [-0.2, 0) is 4.79 Å². The maximum atomic E-state index is 12.2. The molecule has 0 unspecified atom stereocenters. The number of carbonyl (C=O) groups is 1. The van der Waals surface area contributed by atoms with Gasteiger partial charge in [0.15, 0.2) is 0 Å². The second-order valence-electron chi connectivity index (χ2n) is 9.49. The average molecular weight is 394 g/mol. The lowest BCUT2D eigenvalue weighted by atomic mass is 9.47. The third-order valence-electron chi connectivity index (χ3n) is 8.76. The standard InChI is InChI=1S/C21H32BrNO/c1-13(22)15-6-7-16-14-5-8-18-21(3,12-10-19(24)23(18)4)17(14)9-11-20(15,16)2/h14,16-18H,5-12H2,1-4H3/t14-,16-,17-,18+,20+,21+/m0/s1. The number of halogens is 1. The minimum absolute atomic E-state index is 0.350. The van der Waals surface area contributed by atoms with Gasteiger partial charge in [0.25, 0.3) is 0 Å². The van der Waals surface area contributed by atoms with Crippen molar-refractivity contribution in [2.45, 2.75) is 78.2 Å². The summed E-state index contributed by atoms with van der Waals surface area (Å²) in [6.45, 7) is 7.31. The molecule has 134 valence electrons. The fraction of sp³-hybridized carbons (Fsp3) is 0.857. The van der Waals surface area contributed by atoms with E-state index in [-0.39, 0.29) is 0 Å². The molecule has 2 nitrogen and oxygen atoms in total. The summed E-state index contributed by atoms with van der Waals surface area (Å²) >= 11 is 3.80. The summed E-state index contributed by atoms with van der Waals surface area (Å²) in [5.41, 5.74) is 2.48. The van der Waals surface area contributed by atoms with Crippen LogP contribution in [0, 0.1) is 28.6 Å². The Morgan fingerprint density at radius 2 is 1.83 bits per heavy atom. The van der Waals surface area contributed by atoms with Crippen molar-refractivity contribution in [3.8, 4) is 0 Å². The quantitative estimate of drug-likeness (QED) is 0.530. The first-order valence-corrected chi connectivity index (χ1v) is 10.7. The first-order chi connectivity index (χ1) is 11.3. The Labute approximate surface area is 155 Å². The Balaban J connectivity index is 1.67. The number of hydrogen-bond acceptors (Lipinski definition) is 1. The largest absolute Gasteiger partial charge is 0.342 e. The Morgan fingerprint density at radius 3 is 2.54 bits per heavy atom. The molecule has 0 aromatic carbocycles. The van der Waals surface area contributed by atoms with E-state index in [1.165, 1.54) is 43.0 Å². The van der Waals surface area contributed by atoms with Gasteiger partial charge in [0.1, 0.15) is 0 Å². The molecule has 24 heavy (non-hydrogen) atoms. The van der Waals surface area contributed by atoms with Crippen molar-refractivity contribution < 1.29 is 4.79 Å². The zero-order valence-corrected chi connectivity index (χ0v) is 17.3. The van der Waals surface area contributed by atoms with Crippen molar-refractivity contribution in [1.29, 1.82) is 0 Å². The van der Waals surface area contributed by atoms with Gasteiger partial charge in [-0.1, -0.05) is 35.4 Å². The molecule has 0 radical (unpaired) electrons. The number of amides is 1. The fourth-order valence-electron chi connectivity index (χ4n) is 7.53. The second-order valence-corrected chi connectivity index (χ2v) is 10.7. The molecule has 1 aliphatic heterocycles. The molecule has 4 aliphatic rings. The van der Waals surface area contributed by atoms with Crippen LogP contribution in [0.2, 0.25) is 0 Å². The topological polar surface area (TPSA) is 20.3 Å². The average Bonchev–Trinajstić information content (AvgIpc) is 2.89. The molecule has 6 atom stereocenters. The van der Waals surface area contributed by atoms with E-state index in [9.17, 15) is 4.79 Å². The molecular formula is C21H32BrNO. The maximum absolute atomic E-state index is 12.2. The number of hydrogen-bond donors (Lipinski definition) is 0. The summed E-state index contributed by atoms with van der Waals surface area (Å²) in [6, 6.07) is 0.485. The van der Waals surface area contributed by atoms with Crippen molar-refractivity contribution in [3.05, 3.63) is 10.1 Å². The van der Waals surface area contributed by atoms with E-state index in [4.69, 9.17) is 0 Å². The second kappa shape index (κ2) is 5.59. The van der Waals surface area contributed by atoms with Crippen molar-refractivity contribution in [3.63, 3.8) is 0 Å². The number of fused-ring (bicyclic) bond motifs is 5. The van der Waals surface area contributed by atoms with E-state index >= 15 is 0 Å². The molecule has 3 aliphatic carbocycles. The molecule has 3 heteroatoms. The lowest BCUT2D eigenvalue weighted by Gasteiger charge is -2.61. The molecule has 1 heterocycles. The van der Waals surface area contributed by atoms with Crippen LogP contribution in [0.15, 0.2) is 10.1 Å². The first kappa shape index (κ1) is 17.1. The van der Waals surface area contributed by atoms with E-state index < -0.39 is 0 Å². The first-order valence-electron chi connectivity index (χ1n) is 9.90. The number of nitrogens with zero attached hydrogens (tertiary/aromatic N) is 1. The monoisotopic (exact) mass is 393 g/mol. The molecule has 3 saturated carbocycles. The van der Waals surface area contributed by atoms with Gasteiger partial charge < -0.3 is 4.90 Å². The van der Waals surface area contributed by atoms with Gasteiger partial charge in [-0.2, -0.15) is 0 Å². The van der Waals surface area contributed by atoms with Crippen LogP contribution in [0.1, 0.15) is 72.1 Å². The predicted molar refractivity (Wildman–Crippen MR) is 102 cm³/mol. The minimum atomic E-state index is 0.350. The lowest BCUT2D eigenvalue weighted by Crippen LogP contribution is -2.61. The zero-order valence-electron chi connectivity index (χ0n) is 15.7. The van der Waals surface area contributed by atoms with Gasteiger partial charge in [-0.25, -0.2) is 0 Å². The van der Waals surface area contributed by atoms with Crippen LogP contribution in [0.5, 0.6) is 0 Å². The van der Waals surface area contributed by atoms with Gasteiger partial charge in [0.2, 0.25) is 5.91 Å². The summed E-state index contributed by atoms with van der Waals surface area (Å²) in [7, 11) is 2.06. The van der Waals surface area contributed by atoms with Crippen molar-refractivity contribution in [2.75, 3.05) is 7.05 Å². The van der Waals surface area contributed by atoms with E-state index in [0.29, 0.717) is 22.8 Å². The summed E-state index contributed by atoms with van der Waals surface area (Å²) in [5, 5.41) is 0. The molecule has 0 bridgehead atoms. The third kappa shape index (κ3) is 2.15. The third-order valence-corrected chi connectivity index (χ3v) is 9.24. The van der Waals surface area contributed by atoms with Crippen molar-refractivity contribution in [1.82, 2.24) is 4.90 Å². The highest BCUT2D eigenvalue weighted by molar-refractivity contribution is 9.11. The van der Waals surface area contributed by atoms with E-state index in [0.717, 1.165) is 30.6 Å². The van der Waals surface area contributed by atoms with Crippen LogP contribution < -0.4 is 0 Å². The molecule has 0 aromatic rings. The molecule has 0 aromatic heterocycles. The van der Waals surface area contributed by atoms with Gasteiger partial charge in [-0.05, 0) is 84.9 Å². The predicted octanol–water partition coefficient (Wildman–Crippen LogP) is 5.52. The van der Waals surface area contributed by atoms with Gasteiger partial charge in [0, 0.05) is 19.5 Å². The Morgan fingerprint density at radius 1 is 1.08 bits per heavy atom. The lowest BCUT2D eigenvalue weighted by molar-refractivity contribution is -0.156. The minimum Gasteiger partial charge on any atom is -0.342 e. The molecule has 4 fully saturated rings. The van der Waals surface area contributed by atoms with Crippen LogP contribution in [0.3, 0.4) is 0 Å². The highest BCUT2D eigenvalue weighted by Crippen LogP contribution is 2.66. The van der Waals surface area contributed by atoms with Crippen molar-refractivity contribution in [2.24, 2.45) is 28.6 Å². The molecule has 0 N–H and O–H groups in total. The Hall–Kier alpha value is -0.310. The molecular weight excluding hydrogens is 362 g/mol. The number of likely N-dealkylation sites (tertiary alicyclic amines) is 1.